The van der Waals surface area contributed by atoms with Crippen LogP contribution in [0.1, 0.15) is 11.3 Å². The van der Waals surface area contributed by atoms with Gasteiger partial charge in [-0.15, -0.1) is 0 Å². The molecule has 2 rings (SSSR count). The van der Waals surface area contributed by atoms with Gasteiger partial charge in [-0.25, -0.2) is 0 Å². The Labute approximate surface area is 119 Å². The number of nitrogens with zero attached hydrogens (tertiary/aromatic N) is 1. The van der Waals surface area contributed by atoms with Crippen molar-refractivity contribution in [2.45, 2.75) is 20.0 Å². The zero-order chi connectivity index (χ0) is 13.8. The van der Waals surface area contributed by atoms with Gasteiger partial charge >= 0.3 is 4.87 Å². The van der Waals surface area contributed by atoms with Crippen LogP contribution >= 0.6 is 22.9 Å². The molecule has 19 heavy (non-hydrogen) atoms. The Morgan fingerprint density at radius 2 is 2.26 bits per heavy atom. The Morgan fingerprint density at radius 1 is 1.47 bits per heavy atom. The number of aromatic nitrogens is 1. The quantitative estimate of drug-likeness (QED) is 0.940. The number of aryl methyl sites for hydroxylation is 1. The number of hydrogen-bond acceptors (Lipinski definition) is 3. The highest BCUT2D eigenvalue weighted by Gasteiger charge is 2.08. The molecule has 0 fully saturated rings. The van der Waals surface area contributed by atoms with Gasteiger partial charge in [-0.05, 0) is 24.6 Å². The van der Waals surface area contributed by atoms with Crippen molar-refractivity contribution in [2.75, 3.05) is 0 Å². The Morgan fingerprint density at radius 3 is 2.89 bits per heavy atom. The van der Waals surface area contributed by atoms with Crippen LogP contribution in [-0.2, 0) is 17.9 Å². The van der Waals surface area contributed by atoms with Gasteiger partial charge in [0.05, 0.1) is 0 Å². The fourth-order valence-electron chi connectivity index (χ4n) is 1.64. The summed E-state index contributed by atoms with van der Waals surface area (Å²) in [7, 11) is 0. The lowest BCUT2D eigenvalue weighted by Crippen LogP contribution is -2.30. The van der Waals surface area contributed by atoms with Crippen LogP contribution in [-0.4, -0.2) is 10.5 Å². The molecular formula is C13H13ClN2O2S. The number of rotatable bonds is 4. The van der Waals surface area contributed by atoms with Crippen LogP contribution in [0.3, 0.4) is 0 Å². The van der Waals surface area contributed by atoms with E-state index in [9.17, 15) is 9.59 Å². The van der Waals surface area contributed by atoms with Crippen LogP contribution in [0.5, 0.6) is 0 Å². The topological polar surface area (TPSA) is 51.1 Å². The molecule has 2 aromatic rings. The number of amides is 1. The van der Waals surface area contributed by atoms with Crippen molar-refractivity contribution in [1.29, 1.82) is 0 Å². The van der Waals surface area contributed by atoms with E-state index in [2.05, 4.69) is 5.32 Å². The molecule has 1 amide bonds. The molecule has 0 radical (unpaired) electrons. The summed E-state index contributed by atoms with van der Waals surface area (Å²) < 4.78 is 1.46. The standard InChI is InChI=1S/C13H13ClN2O2S/c1-9-8-19-13(18)16(9)7-12(17)15-6-10-3-2-4-11(14)5-10/h2-5,8H,6-7H2,1H3,(H,15,17). The molecule has 0 bridgehead atoms. The molecule has 100 valence electrons. The number of nitrogens with one attached hydrogen (secondary N) is 1. The Bertz CT molecular complexity index is 648. The SMILES string of the molecule is Cc1csc(=O)n1CC(=O)NCc1cccc(Cl)c1. The molecule has 0 saturated heterocycles. The molecule has 0 unspecified atom stereocenters. The third-order valence-corrected chi connectivity index (χ3v) is 3.77. The highest BCUT2D eigenvalue weighted by atomic mass is 35.5. The van der Waals surface area contributed by atoms with Crippen molar-refractivity contribution in [2.24, 2.45) is 0 Å². The van der Waals surface area contributed by atoms with Gasteiger partial charge in [0, 0.05) is 22.6 Å². The summed E-state index contributed by atoms with van der Waals surface area (Å²) in [6, 6.07) is 7.29. The second kappa shape index (κ2) is 6.04. The zero-order valence-corrected chi connectivity index (χ0v) is 11.9. The summed E-state index contributed by atoms with van der Waals surface area (Å²) >= 11 is 6.96. The van der Waals surface area contributed by atoms with E-state index in [1.165, 1.54) is 4.57 Å². The van der Waals surface area contributed by atoms with E-state index in [-0.39, 0.29) is 17.3 Å². The first kappa shape index (κ1) is 13.8. The highest BCUT2D eigenvalue weighted by molar-refractivity contribution is 7.07. The number of carbonyl (C=O) groups excluding carboxylic acids is 1. The molecule has 0 aliphatic carbocycles. The third-order valence-electron chi connectivity index (χ3n) is 2.66. The van der Waals surface area contributed by atoms with E-state index >= 15 is 0 Å². The van der Waals surface area contributed by atoms with Crippen LogP contribution < -0.4 is 10.2 Å². The summed E-state index contributed by atoms with van der Waals surface area (Å²) in [5.74, 6) is -0.191. The smallest absolute Gasteiger partial charge is 0.307 e. The Hall–Kier alpha value is -1.59. The molecular weight excluding hydrogens is 284 g/mol. The lowest BCUT2D eigenvalue weighted by atomic mass is 10.2. The van der Waals surface area contributed by atoms with Crippen LogP contribution in [0.2, 0.25) is 5.02 Å². The minimum Gasteiger partial charge on any atom is -0.350 e. The normalized spacial score (nSPS) is 10.4. The van der Waals surface area contributed by atoms with Gasteiger partial charge in [0.2, 0.25) is 5.91 Å². The Kier molecular flexibility index (Phi) is 4.39. The largest absolute Gasteiger partial charge is 0.350 e. The summed E-state index contributed by atoms with van der Waals surface area (Å²) in [6.45, 7) is 2.26. The van der Waals surface area contributed by atoms with E-state index in [0.29, 0.717) is 11.6 Å². The second-order valence-corrected chi connectivity index (χ2v) is 5.39. The van der Waals surface area contributed by atoms with Crippen LogP contribution in [0, 0.1) is 6.92 Å². The van der Waals surface area contributed by atoms with E-state index in [1.54, 1.807) is 17.5 Å². The van der Waals surface area contributed by atoms with E-state index in [4.69, 9.17) is 11.6 Å². The molecule has 1 N–H and O–H groups in total. The van der Waals surface area contributed by atoms with Gasteiger partial charge in [0.25, 0.3) is 0 Å². The molecule has 0 atom stereocenters. The highest BCUT2D eigenvalue weighted by Crippen LogP contribution is 2.10. The molecule has 6 heteroatoms. The molecule has 4 nitrogen and oxygen atoms in total. The Balaban J connectivity index is 1.94. The van der Waals surface area contributed by atoms with Gasteiger partial charge in [0.15, 0.2) is 0 Å². The molecule has 1 heterocycles. The van der Waals surface area contributed by atoms with Crippen molar-refractivity contribution in [3.05, 3.63) is 55.6 Å². The van der Waals surface area contributed by atoms with Gasteiger partial charge in [0.1, 0.15) is 6.54 Å². The number of carbonyl (C=O) groups is 1. The predicted molar refractivity (Wildman–Crippen MR) is 76.6 cm³/mol. The number of halogens is 1. The van der Waals surface area contributed by atoms with Crippen LogP contribution in [0.25, 0.3) is 0 Å². The molecule has 0 aliphatic heterocycles. The summed E-state index contributed by atoms with van der Waals surface area (Å²) in [6.07, 6.45) is 0. The lowest BCUT2D eigenvalue weighted by Gasteiger charge is -2.07. The van der Waals surface area contributed by atoms with Gasteiger partial charge in [-0.3, -0.25) is 14.2 Å². The second-order valence-electron chi connectivity index (χ2n) is 4.14. The lowest BCUT2D eigenvalue weighted by molar-refractivity contribution is -0.121. The van der Waals surface area contributed by atoms with E-state index in [0.717, 1.165) is 22.6 Å². The number of benzene rings is 1. The first-order valence-electron chi connectivity index (χ1n) is 5.72. The predicted octanol–water partition coefficient (Wildman–Crippen LogP) is 2.19. The minimum absolute atomic E-state index is 0.0503. The minimum atomic E-state index is -0.191. The summed E-state index contributed by atoms with van der Waals surface area (Å²) in [4.78, 5) is 23.1. The number of hydrogen-bond donors (Lipinski definition) is 1. The third kappa shape index (κ3) is 3.68. The van der Waals surface area contributed by atoms with Gasteiger partial charge < -0.3 is 5.32 Å². The van der Waals surface area contributed by atoms with E-state index in [1.807, 2.05) is 19.1 Å². The average Bonchev–Trinajstić information content (AvgIpc) is 2.68. The average molecular weight is 297 g/mol. The fourth-order valence-corrected chi connectivity index (χ4v) is 2.59. The van der Waals surface area contributed by atoms with Crippen molar-refractivity contribution >= 4 is 28.8 Å². The molecule has 1 aromatic carbocycles. The van der Waals surface area contributed by atoms with Crippen molar-refractivity contribution in [1.82, 2.24) is 9.88 Å². The summed E-state index contributed by atoms with van der Waals surface area (Å²) in [5, 5.41) is 5.14. The summed E-state index contributed by atoms with van der Waals surface area (Å²) in [5.41, 5.74) is 1.73. The van der Waals surface area contributed by atoms with Crippen molar-refractivity contribution in [3.63, 3.8) is 0 Å². The maximum Gasteiger partial charge on any atom is 0.307 e. The van der Waals surface area contributed by atoms with Crippen molar-refractivity contribution < 1.29 is 4.79 Å². The van der Waals surface area contributed by atoms with Crippen molar-refractivity contribution in [3.8, 4) is 0 Å². The first-order valence-corrected chi connectivity index (χ1v) is 6.98. The molecule has 0 saturated carbocycles. The zero-order valence-electron chi connectivity index (χ0n) is 10.4. The van der Waals surface area contributed by atoms with Gasteiger partial charge in [-0.1, -0.05) is 35.1 Å². The maximum absolute atomic E-state index is 11.8. The van der Waals surface area contributed by atoms with Gasteiger partial charge in [-0.2, -0.15) is 0 Å². The molecule has 0 spiro atoms. The maximum atomic E-state index is 11.8. The molecule has 0 aliphatic rings. The fraction of sp³-hybridized carbons (Fsp3) is 0.231. The monoisotopic (exact) mass is 296 g/mol. The van der Waals surface area contributed by atoms with Crippen LogP contribution in [0.4, 0.5) is 0 Å². The number of thiazole rings is 1. The molecule has 1 aromatic heterocycles. The first-order chi connectivity index (χ1) is 9.06. The van der Waals surface area contributed by atoms with E-state index < -0.39 is 0 Å². The van der Waals surface area contributed by atoms with Crippen LogP contribution in [0.15, 0.2) is 34.4 Å².